The molecule has 116 valence electrons. The van der Waals surface area contributed by atoms with Gasteiger partial charge in [-0.15, -0.1) is 0 Å². The van der Waals surface area contributed by atoms with Crippen molar-refractivity contribution < 1.29 is 4.74 Å². The van der Waals surface area contributed by atoms with Crippen LogP contribution in [0, 0.1) is 0 Å². The summed E-state index contributed by atoms with van der Waals surface area (Å²) in [5, 5.41) is 3.84. The molecule has 2 fully saturated rings. The lowest BCUT2D eigenvalue weighted by atomic mass is 9.97. The molecule has 1 aromatic rings. The van der Waals surface area contributed by atoms with E-state index < -0.39 is 0 Å². The molecule has 1 N–H and O–H groups in total. The van der Waals surface area contributed by atoms with Crippen LogP contribution < -0.4 is 10.1 Å². The van der Waals surface area contributed by atoms with Crippen LogP contribution in [-0.2, 0) is 6.42 Å². The summed E-state index contributed by atoms with van der Waals surface area (Å²) in [4.78, 5) is 2.68. The minimum absolute atomic E-state index is 0.427. The van der Waals surface area contributed by atoms with Crippen LogP contribution >= 0.6 is 0 Å². The maximum absolute atomic E-state index is 5.22. The first kappa shape index (κ1) is 14.9. The number of hydrogen-bond acceptors (Lipinski definition) is 3. The Bertz CT molecular complexity index is 437. The maximum Gasteiger partial charge on any atom is 0.118 e. The fraction of sp³-hybridized carbons (Fsp3) is 0.667. The first-order chi connectivity index (χ1) is 10.3. The Morgan fingerprint density at radius 2 is 1.90 bits per heavy atom. The molecule has 1 saturated carbocycles. The highest BCUT2D eigenvalue weighted by molar-refractivity contribution is 5.27. The summed E-state index contributed by atoms with van der Waals surface area (Å²) < 4.78 is 5.22. The standard InChI is InChI=1S/C18H28N2O/c1-21-17-7-5-16(6-8-17)9-14-20-13-4-12-19-18(15-20)10-2-3-11-18/h5-8,19H,2-4,9-15H2,1H3. The van der Waals surface area contributed by atoms with E-state index in [1.54, 1.807) is 7.11 Å². The summed E-state index contributed by atoms with van der Waals surface area (Å²) in [5.74, 6) is 0.947. The molecular weight excluding hydrogens is 260 g/mol. The summed E-state index contributed by atoms with van der Waals surface area (Å²) in [5.41, 5.74) is 1.84. The number of nitrogens with zero attached hydrogens (tertiary/aromatic N) is 1. The molecule has 3 heteroatoms. The van der Waals surface area contributed by atoms with Gasteiger partial charge in [-0.3, -0.25) is 0 Å². The molecule has 0 unspecified atom stereocenters. The van der Waals surface area contributed by atoms with Gasteiger partial charge in [0.25, 0.3) is 0 Å². The molecule has 0 aromatic heterocycles. The van der Waals surface area contributed by atoms with Gasteiger partial charge in [0.1, 0.15) is 5.75 Å². The van der Waals surface area contributed by atoms with Crippen LogP contribution in [0.3, 0.4) is 0 Å². The zero-order chi connectivity index (χ0) is 14.5. The van der Waals surface area contributed by atoms with E-state index in [0.29, 0.717) is 5.54 Å². The molecular formula is C18H28N2O. The maximum atomic E-state index is 5.22. The van der Waals surface area contributed by atoms with E-state index in [0.717, 1.165) is 12.2 Å². The number of methoxy groups -OCH3 is 1. The van der Waals surface area contributed by atoms with Crippen LogP contribution in [-0.4, -0.2) is 43.7 Å². The lowest BCUT2D eigenvalue weighted by Crippen LogP contribution is -2.49. The zero-order valence-corrected chi connectivity index (χ0v) is 13.2. The third-order valence-corrected chi connectivity index (χ3v) is 5.11. The zero-order valence-electron chi connectivity index (χ0n) is 13.2. The predicted octanol–water partition coefficient (Wildman–Crippen LogP) is 2.85. The molecule has 0 amide bonds. The van der Waals surface area contributed by atoms with Crippen LogP contribution in [0.1, 0.15) is 37.7 Å². The van der Waals surface area contributed by atoms with E-state index >= 15 is 0 Å². The third-order valence-electron chi connectivity index (χ3n) is 5.11. The molecule has 1 heterocycles. The molecule has 3 rings (SSSR count). The molecule has 1 saturated heterocycles. The summed E-state index contributed by atoms with van der Waals surface area (Å²) in [6.45, 7) is 4.85. The highest BCUT2D eigenvalue weighted by Crippen LogP contribution is 2.31. The van der Waals surface area contributed by atoms with Gasteiger partial charge in [-0.1, -0.05) is 25.0 Å². The van der Waals surface area contributed by atoms with Gasteiger partial charge in [-0.25, -0.2) is 0 Å². The number of hydrogen-bond donors (Lipinski definition) is 1. The lowest BCUT2D eigenvalue weighted by Gasteiger charge is -2.33. The molecule has 0 bridgehead atoms. The fourth-order valence-corrected chi connectivity index (χ4v) is 3.88. The minimum Gasteiger partial charge on any atom is -0.497 e. The van der Waals surface area contributed by atoms with Crippen molar-refractivity contribution in [1.82, 2.24) is 10.2 Å². The Morgan fingerprint density at radius 3 is 2.62 bits per heavy atom. The quantitative estimate of drug-likeness (QED) is 0.922. The first-order valence-electron chi connectivity index (χ1n) is 8.40. The second kappa shape index (κ2) is 6.80. The largest absolute Gasteiger partial charge is 0.497 e. The van der Waals surface area contributed by atoms with Gasteiger partial charge in [0.15, 0.2) is 0 Å². The number of benzene rings is 1. The van der Waals surface area contributed by atoms with E-state index in [9.17, 15) is 0 Å². The summed E-state index contributed by atoms with van der Waals surface area (Å²) in [6.07, 6.45) is 7.96. The monoisotopic (exact) mass is 288 g/mol. The molecule has 0 atom stereocenters. The average molecular weight is 288 g/mol. The van der Waals surface area contributed by atoms with E-state index in [-0.39, 0.29) is 0 Å². The van der Waals surface area contributed by atoms with E-state index in [1.165, 1.54) is 63.8 Å². The summed E-state index contributed by atoms with van der Waals surface area (Å²) in [6, 6.07) is 8.52. The fourth-order valence-electron chi connectivity index (χ4n) is 3.88. The molecule has 0 radical (unpaired) electrons. The van der Waals surface area contributed by atoms with Gasteiger partial charge >= 0.3 is 0 Å². The molecule has 1 aliphatic carbocycles. The molecule has 1 aliphatic heterocycles. The first-order valence-corrected chi connectivity index (χ1v) is 8.40. The highest BCUT2D eigenvalue weighted by Gasteiger charge is 2.36. The van der Waals surface area contributed by atoms with E-state index in [4.69, 9.17) is 4.74 Å². The molecule has 2 aliphatic rings. The van der Waals surface area contributed by atoms with Gasteiger partial charge in [-0.2, -0.15) is 0 Å². The Balaban J connectivity index is 1.55. The molecule has 21 heavy (non-hydrogen) atoms. The van der Waals surface area contributed by atoms with Crippen LogP contribution in [0.4, 0.5) is 0 Å². The van der Waals surface area contributed by atoms with Gasteiger partial charge in [0.05, 0.1) is 7.11 Å². The van der Waals surface area contributed by atoms with Crippen molar-refractivity contribution in [1.29, 1.82) is 0 Å². The van der Waals surface area contributed by atoms with Crippen molar-refractivity contribution in [3.05, 3.63) is 29.8 Å². The SMILES string of the molecule is COc1ccc(CCN2CCCNC3(CCCC3)C2)cc1. The van der Waals surface area contributed by atoms with Crippen LogP contribution in [0.2, 0.25) is 0 Å². The summed E-state index contributed by atoms with van der Waals surface area (Å²) >= 11 is 0. The average Bonchev–Trinajstić information content (AvgIpc) is 2.87. The van der Waals surface area contributed by atoms with Crippen molar-refractivity contribution in [3.63, 3.8) is 0 Å². The van der Waals surface area contributed by atoms with Crippen LogP contribution in [0.15, 0.2) is 24.3 Å². The molecule has 3 nitrogen and oxygen atoms in total. The predicted molar refractivity (Wildman–Crippen MR) is 87.0 cm³/mol. The van der Waals surface area contributed by atoms with Crippen LogP contribution in [0.5, 0.6) is 5.75 Å². The van der Waals surface area contributed by atoms with Gasteiger partial charge in [0, 0.05) is 18.6 Å². The van der Waals surface area contributed by atoms with Gasteiger partial charge < -0.3 is 15.0 Å². The third kappa shape index (κ3) is 3.78. The Hall–Kier alpha value is -1.06. The second-order valence-electron chi connectivity index (χ2n) is 6.64. The molecule has 1 aromatic carbocycles. The van der Waals surface area contributed by atoms with Crippen LogP contribution in [0.25, 0.3) is 0 Å². The second-order valence-corrected chi connectivity index (χ2v) is 6.64. The van der Waals surface area contributed by atoms with Crippen molar-refractivity contribution in [3.8, 4) is 5.75 Å². The highest BCUT2D eigenvalue weighted by atomic mass is 16.5. The Morgan fingerprint density at radius 1 is 1.14 bits per heavy atom. The van der Waals surface area contributed by atoms with E-state index in [1.807, 2.05) is 0 Å². The van der Waals surface area contributed by atoms with Crippen molar-refractivity contribution in [2.45, 2.75) is 44.1 Å². The van der Waals surface area contributed by atoms with Crippen molar-refractivity contribution in [2.75, 3.05) is 33.3 Å². The summed E-state index contributed by atoms with van der Waals surface area (Å²) in [7, 11) is 1.72. The topological polar surface area (TPSA) is 24.5 Å². The van der Waals surface area contributed by atoms with E-state index in [2.05, 4.69) is 34.5 Å². The Labute approximate surface area is 128 Å². The van der Waals surface area contributed by atoms with Gasteiger partial charge in [-0.05, 0) is 56.5 Å². The minimum atomic E-state index is 0.427. The number of ether oxygens (including phenoxy) is 1. The lowest BCUT2D eigenvalue weighted by molar-refractivity contribution is 0.212. The van der Waals surface area contributed by atoms with Crippen molar-refractivity contribution >= 4 is 0 Å². The Kier molecular flexibility index (Phi) is 4.81. The normalized spacial score (nSPS) is 22.3. The van der Waals surface area contributed by atoms with Gasteiger partial charge in [0.2, 0.25) is 0 Å². The number of nitrogens with one attached hydrogen (secondary N) is 1. The number of rotatable bonds is 4. The van der Waals surface area contributed by atoms with Crippen molar-refractivity contribution in [2.24, 2.45) is 0 Å². The smallest absolute Gasteiger partial charge is 0.118 e. The molecule has 1 spiro atoms.